The first-order valence-electron chi connectivity index (χ1n) is 7.49. The van der Waals surface area contributed by atoms with Crippen LogP contribution in [-0.4, -0.2) is 21.3 Å². The number of rotatable bonds is 10. The first-order chi connectivity index (χ1) is 8.83. The van der Waals surface area contributed by atoms with Gasteiger partial charge in [-0.1, -0.05) is 39.0 Å². The van der Waals surface area contributed by atoms with Crippen LogP contribution in [0.5, 0.6) is 0 Å². The van der Waals surface area contributed by atoms with Crippen molar-refractivity contribution < 1.29 is 0 Å². The van der Waals surface area contributed by atoms with Gasteiger partial charge in [0.15, 0.2) is 0 Å². The molecule has 0 spiro atoms. The Morgan fingerprint density at radius 1 is 0.944 bits per heavy atom. The third-order valence-corrected chi connectivity index (χ3v) is 3.23. The largest absolute Gasteiger partial charge is 0.355 e. The van der Waals surface area contributed by atoms with Crippen LogP contribution >= 0.6 is 0 Å². The highest BCUT2D eigenvalue weighted by Gasteiger charge is 2.08. The summed E-state index contributed by atoms with van der Waals surface area (Å²) in [6, 6.07) is 0. The number of nitrogens with one attached hydrogen (secondary N) is 1. The molecule has 0 atom stereocenters. The van der Waals surface area contributed by atoms with E-state index < -0.39 is 0 Å². The minimum absolute atomic E-state index is 0.898. The number of anilines is 1. The van der Waals surface area contributed by atoms with E-state index in [4.69, 9.17) is 0 Å². The van der Waals surface area contributed by atoms with Crippen LogP contribution in [0.4, 0.5) is 5.95 Å². The summed E-state index contributed by atoms with van der Waals surface area (Å²) in [4.78, 5) is 0. The van der Waals surface area contributed by atoms with Gasteiger partial charge in [0.25, 0.3) is 0 Å². The summed E-state index contributed by atoms with van der Waals surface area (Å²) < 4.78 is 2.19. The van der Waals surface area contributed by atoms with E-state index in [1.165, 1.54) is 38.5 Å². The maximum Gasteiger partial charge on any atom is 0.224 e. The maximum atomic E-state index is 4.29. The average molecular weight is 252 g/mol. The number of hydrogen-bond acceptors (Lipinski definition) is 3. The molecule has 4 nitrogen and oxygen atoms in total. The quantitative estimate of drug-likeness (QED) is 0.647. The fourth-order valence-electron chi connectivity index (χ4n) is 2.20. The highest BCUT2D eigenvalue weighted by molar-refractivity contribution is 5.25. The molecule has 0 saturated heterocycles. The van der Waals surface area contributed by atoms with Crippen LogP contribution in [-0.2, 0) is 13.0 Å². The maximum absolute atomic E-state index is 4.29. The Balaban J connectivity index is 2.33. The van der Waals surface area contributed by atoms with Crippen LogP contribution in [0.15, 0.2) is 0 Å². The monoisotopic (exact) mass is 252 g/mol. The fourth-order valence-corrected chi connectivity index (χ4v) is 2.20. The van der Waals surface area contributed by atoms with E-state index in [-0.39, 0.29) is 0 Å². The van der Waals surface area contributed by atoms with Crippen molar-refractivity contribution in [2.24, 2.45) is 0 Å². The Morgan fingerprint density at radius 2 is 1.67 bits per heavy atom. The average Bonchev–Trinajstić information content (AvgIpc) is 2.76. The second-order valence-electron chi connectivity index (χ2n) is 4.73. The van der Waals surface area contributed by atoms with Crippen molar-refractivity contribution in [3.8, 4) is 0 Å². The van der Waals surface area contributed by atoms with Gasteiger partial charge < -0.3 is 5.32 Å². The Morgan fingerprint density at radius 3 is 2.33 bits per heavy atom. The topological polar surface area (TPSA) is 42.7 Å². The van der Waals surface area contributed by atoms with Crippen molar-refractivity contribution in [3.05, 3.63) is 5.82 Å². The molecule has 1 aromatic rings. The van der Waals surface area contributed by atoms with Crippen LogP contribution in [0.1, 0.15) is 65.1 Å². The van der Waals surface area contributed by atoms with Crippen molar-refractivity contribution in [1.82, 2.24) is 14.8 Å². The molecule has 0 aromatic carbocycles. The summed E-state index contributed by atoms with van der Waals surface area (Å²) in [6.07, 6.45) is 9.01. The summed E-state index contributed by atoms with van der Waals surface area (Å²) in [5.74, 6) is 2.05. The van der Waals surface area contributed by atoms with E-state index in [1.54, 1.807) is 0 Å². The van der Waals surface area contributed by atoms with Crippen LogP contribution in [0, 0.1) is 0 Å². The van der Waals surface area contributed by atoms with E-state index in [2.05, 4.69) is 40.9 Å². The second-order valence-corrected chi connectivity index (χ2v) is 4.73. The molecule has 4 heteroatoms. The summed E-state index contributed by atoms with van der Waals surface area (Å²) in [5.41, 5.74) is 0. The zero-order valence-corrected chi connectivity index (χ0v) is 12.2. The molecule has 0 bridgehead atoms. The first kappa shape index (κ1) is 15.0. The van der Waals surface area contributed by atoms with Crippen molar-refractivity contribution in [1.29, 1.82) is 0 Å². The van der Waals surface area contributed by atoms with Crippen molar-refractivity contribution in [3.63, 3.8) is 0 Å². The second kappa shape index (κ2) is 8.95. The molecule has 0 fully saturated rings. The van der Waals surface area contributed by atoms with E-state index >= 15 is 0 Å². The smallest absolute Gasteiger partial charge is 0.224 e. The molecule has 1 aromatic heterocycles. The normalized spacial score (nSPS) is 10.8. The lowest BCUT2D eigenvalue weighted by molar-refractivity contribution is 0.588. The zero-order chi connectivity index (χ0) is 13.2. The molecule has 1 N–H and O–H groups in total. The molecular formula is C14H28N4. The number of unbranched alkanes of at least 4 members (excludes halogenated alkanes) is 5. The van der Waals surface area contributed by atoms with Gasteiger partial charge in [-0.2, -0.15) is 0 Å². The highest BCUT2D eigenvalue weighted by atomic mass is 15.3. The Kier molecular flexibility index (Phi) is 7.46. The van der Waals surface area contributed by atoms with Crippen LogP contribution in [0.3, 0.4) is 0 Å². The molecule has 1 rings (SSSR count). The third-order valence-electron chi connectivity index (χ3n) is 3.23. The molecule has 1 heterocycles. The summed E-state index contributed by atoms with van der Waals surface area (Å²) >= 11 is 0. The predicted molar refractivity (Wildman–Crippen MR) is 76.9 cm³/mol. The van der Waals surface area contributed by atoms with Crippen molar-refractivity contribution in [2.45, 2.75) is 72.3 Å². The SMILES string of the molecule is CCCCCCCCc1nnc(NCC)n1CC. The molecule has 0 aliphatic heterocycles. The summed E-state index contributed by atoms with van der Waals surface area (Å²) in [7, 11) is 0. The molecule has 0 amide bonds. The lowest BCUT2D eigenvalue weighted by atomic mass is 10.1. The van der Waals surface area contributed by atoms with Crippen LogP contribution < -0.4 is 5.32 Å². The van der Waals surface area contributed by atoms with Crippen LogP contribution in [0.2, 0.25) is 0 Å². The number of aromatic nitrogens is 3. The van der Waals surface area contributed by atoms with Gasteiger partial charge in [-0.25, -0.2) is 0 Å². The number of aryl methyl sites for hydroxylation is 1. The van der Waals surface area contributed by atoms with Gasteiger partial charge in [-0.05, 0) is 20.3 Å². The lowest BCUT2D eigenvalue weighted by Crippen LogP contribution is -2.08. The van der Waals surface area contributed by atoms with Gasteiger partial charge in [0.2, 0.25) is 5.95 Å². The molecule has 18 heavy (non-hydrogen) atoms. The van der Waals surface area contributed by atoms with Gasteiger partial charge in [0.05, 0.1) is 0 Å². The minimum Gasteiger partial charge on any atom is -0.355 e. The Hall–Kier alpha value is -1.06. The van der Waals surface area contributed by atoms with Crippen molar-refractivity contribution in [2.75, 3.05) is 11.9 Å². The number of hydrogen-bond donors (Lipinski definition) is 1. The van der Waals surface area contributed by atoms with E-state index in [0.717, 1.165) is 31.3 Å². The van der Waals surface area contributed by atoms with Gasteiger partial charge in [0, 0.05) is 19.5 Å². The van der Waals surface area contributed by atoms with E-state index in [1.807, 2.05) is 0 Å². The third kappa shape index (κ3) is 4.67. The molecule has 0 aliphatic carbocycles. The highest BCUT2D eigenvalue weighted by Crippen LogP contribution is 2.12. The lowest BCUT2D eigenvalue weighted by Gasteiger charge is -2.07. The standard InChI is InChI=1S/C14H28N4/c1-4-7-8-9-10-11-12-13-16-17-14(15-5-2)18(13)6-3/h4-12H2,1-3H3,(H,15,17). The zero-order valence-electron chi connectivity index (χ0n) is 12.2. The molecule has 0 unspecified atom stereocenters. The molecule has 0 saturated carbocycles. The van der Waals surface area contributed by atoms with E-state index in [0.29, 0.717) is 0 Å². The van der Waals surface area contributed by atoms with Crippen molar-refractivity contribution >= 4 is 5.95 Å². The van der Waals surface area contributed by atoms with Gasteiger partial charge >= 0.3 is 0 Å². The fraction of sp³-hybridized carbons (Fsp3) is 0.857. The van der Waals surface area contributed by atoms with E-state index in [9.17, 15) is 0 Å². The molecule has 0 aliphatic rings. The number of nitrogens with zero attached hydrogens (tertiary/aromatic N) is 3. The van der Waals surface area contributed by atoms with Gasteiger partial charge in [-0.15, -0.1) is 10.2 Å². The predicted octanol–water partition coefficient (Wildman–Crippen LogP) is 3.63. The Bertz CT molecular complexity index is 320. The first-order valence-corrected chi connectivity index (χ1v) is 7.49. The van der Waals surface area contributed by atoms with Gasteiger partial charge in [0.1, 0.15) is 5.82 Å². The van der Waals surface area contributed by atoms with Crippen LogP contribution in [0.25, 0.3) is 0 Å². The van der Waals surface area contributed by atoms with Gasteiger partial charge in [-0.3, -0.25) is 4.57 Å². The summed E-state index contributed by atoms with van der Waals surface area (Å²) in [6.45, 7) is 8.33. The molecule has 0 radical (unpaired) electrons. The molecule has 104 valence electrons. The Labute approximate surface area is 111 Å². The minimum atomic E-state index is 0.898. The summed E-state index contributed by atoms with van der Waals surface area (Å²) in [5, 5.41) is 11.8. The molecular weight excluding hydrogens is 224 g/mol.